The average Bonchev–Trinajstić information content (AvgIpc) is 3.00. The van der Waals surface area contributed by atoms with Gasteiger partial charge in [-0.15, -0.1) is 12.4 Å². The fourth-order valence-corrected chi connectivity index (χ4v) is 3.23. The molecule has 0 bridgehead atoms. The predicted octanol–water partition coefficient (Wildman–Crippen LogP) is 2.82. The van der Waals surface area contributed by atoms with Crippen molar-refractivity contribution >= 4 is 18.2 Å². The molecule has 0 spiro atoms. The highest BCUT2D eigenvalue weighted by Crippen LogP contribution is 2.21. The fourth-order valence-electron chi connectivity index (χ4n) is 3.23. The van der Waals surface area contributed by atoms with Crippen LogP contribution in [-0.2, 0) is 6.42 Å². The van der Waals surface area contributed by atoms with Gasteiger partial charge in [-0.2, -0.15) is 0 Å². The molecule has 0 saturated carbocycles. The third-order valence-electron chi connectivity index (χ3n) is 4.69. The minimum atomic E-state index is 0. The highest BCUT2D eigenvalue weighted by Gasteiger charge is 2.18. The summed E-state index contributed by atoms with van der Waals surface area (Å²) in [5.74, 6) is 1.93. The van der Waals surface area contributed by atoms with E-state index in [0.717, 1.165) is 36.9 Å². The molecule has 2 aliphatic rings. The van der Waals surface area contributed by atoms with Gasteiger partial charge in [-0.1, -0.05) is 6.92 Å². The SMILES string of the molecule is CC1CCN(c2cncc(CCC3CCCN3)n2)CC1.Cl. The van der Waals surface area contributed by atoms with Crippen molar-refractivity contribution in [2.75, 3.05) is 24.5 Å². The summed E-state index contributed by atoms with van der Waals surface area (Å²) < 4.78 is 0. The Labute approximate surface area is 134 Å². The van der Waals surface area contributed by atoms with Gasteiger partial charge in [0.2, 0.25) is 0 Å². The smallest absolute Gasteiger partial charge is 0.147 e. The number of rotatable bonds is 4. The summed E-state index contributed by atoms with van der Waals surface area (Å²) in [6, 6.07) is 0.691. The van der Waals surface area contributed by atoms with Crippen LogP contribution < -0.4 is 10.2 Å². The van der Waals surface area contributed by atoms with Gasteiger partial charge in [-0.25, -0.2) is 4.98 Å². The zero-order chi connectivity index (χ0) is 13.8. The summed E-state index contributed by atoms with van der Waals surface area (Å²) in [6.45, 7) is 5.78. The summed E-state index contributed by atoms with van der Waals surface area (Å²) in [5.41, 5.74) is 1.15. The van der Waals surface area contributed by atoms with Crippen LogP contribution in [0, 0.1) is 5.92 Å². The largest absolute Gasteiger partial charge is 0.355 e. The molecule has 3 heterocycles. The van der Waals surface area contributed by atoms with Gasteiger partial charge in [0, 0.05) is 25.3 Å². The van der Waals surface area contributed by atoms with Crippen LogP contribution in [0.4, 0.5) is 5.82 Å². The van der Waals surface area contributed by atoms with Crippen LogP contribution in [-0.4, -0.2) is 35.6 Å². The van der Waals surface area contributed by atoms with Crippen molar-refractivity contribution in [3.8, 4) is 0 Å². The maximum absolute atomic E-state index is 4.82. The normalized spacial score (nSPS) is 23.1. The second-order valence-electron chi connectivity index (χ2n) is 6.37. The number of nitrogens with one attached hydrogen (secondary N) is 1. The minimum Gasteiger partial charge on any atom is -0.355 e. The third kappa shape index (κ3) is 4.55. The van der Waals surface area contributed by atoms with Crippen molar-refractivity contribution in [1.82, 2.24) is 15.3 Å². The van der Waals surface area contributed by atoms with E-state index < -0.39 is 0 Å². The van der Waals surface area contributed by atoms with Crippen LogP contribution in [0.5, 0.6) is 0 Å². The first kappa shape index (κ1) is 16.5. The van der Waals surface area contributed by atoms with Gasteiger partial charge in [0.15, 0.2) is 0 Å². The van der Waals surface area contributed by atoms with E-state index in [1.807, 2.05) is 12.4 Å². The Morgan fingerprint density at radius 2 is 2.05 bits per heavy atom. The Hall–Kier alpha value is -0.870. The molecule has 4 nitrogen and oxygen atoms in total. The summed E-state index contributed by atoms with van der Waals surface area (Å²) >= 11 is 0. The van der Waals surface area contributed by atoms with Crippen molar-refractivity contribution in [1.29, 1.82) is 0 Å². The Balaban J connectivity index is 0.00000161. The zero-order valence-electron chi connectivity index (χ0n) is 12.9. The lowest BCUT2D eigenvalue weighted by molar-refractivity contribution is 0.436. The number of halogens is 1. The maximum atomic E-state index is 4.82. The van der Waals surface area contributed by atoms with Gasteiger partial charge in [-0.05, 0) is 51.0 Å². The quantitative estimate of drug-likeness (QED) is 0.928. The molecule has 1 atom stereocenters. The lowest BCUT2D eigenvalue weighted by Crippen LogP contribution is -2.33. The molecule has 21 heavy (non-hydrogen) atoms. The van der Waals surface area contributed by atoms with E-state index in [0.29, 0.717) is 6.04 Å². The molecular weight excluding hydrogens is 284 g/mol. The van der Waals surface area contributed by atoms with E-state index in [-0.39, 0.29) is 12.4 Å². The second kappa shape index (κ2) is 7.95. The van der Waals surface area contributed by atoms with Crippen LogP contribution in [0.3, 0.4) is 0 Å². The Morgan fingerprint density at radius 1 is 1.24 bits per heavy atom. The molecule has 1 N–H and O–H groups in total. The highest BCUT2D eigenvalue weighted by atomic mass is 35.5. The van der Waals surface area contributed by atoms with Gasteiger partial charge in [0.25, 0.3) is 0 Å². The molecule has 0 radical (unpaired) electrons. The average molecular weight is 311 g/mol. The number of hydrogen-bond donors (Lipinski definition) is 1. The lowest BCUT2D eigenvalue weighted by Gasteiger charge is -2.31. The van der Waals surface area contributed by atoms with Crippen LogP contribution in [0.15, 0.2) is 12.4 Å². The Kier molecular flexibility index (Phi) is 6.24. The fraction of sp³-hybridized carbons (Fsp3) is 0.750. The molecule has 3 rings (SSSR count). The van der Waals surface area contributed by atoms with Crippen molar-refractivity contribution < 1.29 is 0 Å². The van der Waals surface area contributed by atoms with Gasteiger partial charge in [0.1, 0.15) is 5.82 Å². The molecule has 0 aliphatic carbocycles. The first-order valence-electron chi connectivity index (χ1n) is 8.10. The number of aromatic nitrogens is 2. The summed E-state index contributed by atoms with van der Waals surface area (Å²) in [5, 5.41) is 3.55. The molecule has 1 aromatic heterocycles. The summed E-state index contributed by atoms with van der Waals surface area (Å²) in [4.78, 5) is 11.6. The molecule has 1 unspecified atom stereocenters. The van der Waals surface area contributed by atoms with Crippen molar-refractivity contribution in [3.05, 3.63) is 18.1 Å². The topological polar surface area (TPSA) is 41.1 Å². The van der Waals surface area contributed by atoms with Gasteiger partial charge >= 0.3 is 0 Å². The Morgan fingerprint density at radius 3 is 2.76 bits per heavy atom. The number of piperidine rings is 1. The molecule has 5 heteroatoms. The van der Waals surface area contributed by atoms with Gasteiger partial charge in [0.05, 0.1) is 11.9 Å². The molecule has 2 aliphatic heterocycles. The lowest BCUT2D eigenvalue weighted by atomic mass is 9.99. The van der Waals surface area contributed by atoms with E-state index in [4.69, 9.17) is 4.98 Å². The predicted molar refractivity (Wildman–Crippen MR) is 89.2 cm³/mol. The van der Waals surface area contributed by atoms with E-state index >= 15 is 0 Å². The Bertz CT molecular complexity index is 426. The number of hydrogen-bond acceptors (Lipinski definition) is 4. The van der Waals surface area contributed by atoms with Crippen molar-refractivity contribution in [2.45, 2.75) is 51.5 Å². The van der Waals surface area contributed by atoms with Gasteiger partial charge in [-0.3, -0.25) is 4.98 Å². The summed E-state index contributed by atoms with van der Waals surface area (Å²) in [7, 11) is 0. The molecule has 2 saturated heterocycles. The third-order valence-corrected chi connectivity index (χ3v) is 4.69. The number of anilines is 1. The molecule has 118 valence electrons. The number of nitrogens with zero attached hydrogens (tertiary/aromatic N) is 3. The molecule has 2 fully saturated rings. The van der Waals surface area contributed by atoms with Crippen LogP contribution in [0.1, 0.15) is 44.7 Å². The van der Waals surface area contributed by atoms with Crippen LogP contribution in [0.25, 0.3) is 0 Å². The van der Waals surface area contributed by atoms with E-state index in [1.54, 1.807) is 0 Å². The maximum Gasteiger partial charge on any atom is 0.147 e. The second-order valence-corrected chi connectivity index (χ2v) is 6.37. The first-order chi connectivity index (χ1) is 9.81. The molecule has 0 aromatic carbocycles. The minimum absolute atomic E-state index is 0. The van der Waals surface area contributed by atoms with E-state index in [2.05, 4.69) is 22.1 Å². The van der Waals surface area contributed by atoms with Crippen LogP contribution >= 0.6 is 12.4 Å². The zero-order valence-corrected chi connectivity index (χ0v) is 13.7. The highest BCUT2D eigenvalue weighted by molar-refractivity contribution is 5.85. The van der Waals surface area contributed by atoms with Crippen LogP contribution in [0.2, 0.25) is 0 Å². The molecule has 0 amide bonds. The first-order valence-corrected chi connectivity index (χ1v) is 8.10. The van der Waals surface area contributed by atoms with E-state index in [9.17, 15) is 0 Å². The standard InChI is InChI=1S/C16H26N4.ClH/c1-13-6-9-20(10-7-13)16-12-17-11-15(19-16)5-4-14-3-2-8-18-14;/h11-14,18H,2-10H2,1H3;1H. The number of aryl methyl sites for hydroxylation is 1. The molecule has 1 aromatic rings. The van der Waals surface area contributed by atoms with Crippen molar-refractivity contribution in [2.24, 2.45) is 5.92 Å². The van der Waals surface area contributed by atoms with Gasteiger partial charge < -0.3 is 10.2 Å². The molecular formula is C16H27ClN4. The summed E-state index contributed by atoms with van der Waals surface area (Å²) in [6.07, 6.45) is 11.3. The monoisotopic (exact) mass is 310 g/mol. The van der Waals surface area contributed by atoms with E-state index in [1.165, 1.54) is 38.6 Å². The van der Waals surface area contributed by atoms with Crippen molar-refractivity contribution in [3.63, 3.8) is 0 Å².